The van der Waals surface area contributed by atoms with Gasteiger partial charge in [-0.05, 0) is 40.7 Å². The van der Waals surface area contributed by atoms with E-state index < -0.39 is 11.6 Å². The predicted octanol–water partition coefficient (Wildman–Crippen LogP) is 5.53. The predicted molar refractivity (Wildman–Crippen MR) is 96.8 cm³/mol. The van der Waals surface area contributed by atoms with Crippen molar-refractivity contribution in [3.63, 3.8) is 0 Å². The van der Waals surface area contributed by atoms with Crippen LogP contribution in [-0.2, 0) is 6.54 Å². The SMILES string of the molecule is CC(C)c1cccc(C(C)C)c1NC(=O)NCc1ccc(F)c(F)c1. The molecule has 25 heavy (non-hydrogen) atoms. The number of hydrogen-bond acceptors (Lipinski definition) is 1. The summed E-state index contributed by atoms with van der Waals surface area (Å²) in [4.78, 5) is 12.3. The van der Waals surface area contributed by atoms with Gasteiger partial charge in [-0.15, -0.1) is 0 Å². The fourth-order valence-electron chi connectivity index (χ4n) is 2.69. The van der Waals surface area contributed by atoms with Crippen LogP contribution < -0.4 is 10.6 Å². The summed E-state index contributed by atoms with van der Waals surface area (Å²) < 4.78 is 26.2. The Kier molecular flexibility index (Phi) is 6.12. The molecule has 0 fully saturated rings. The van der Waals surface area contributed by atoms with E-state index in [-0.39, 0.29) is 24.4 Å². The van der Waals surface area contributed by atoms with Gasteiger partial charge < -0.3 is 10.6 Å². The molecule has 3 nitrogen and oxygen atoms in total. The van der Waals surface area contributed by atoms with Gasteiger partial charge in [-0.2, -0.15) is 0 Å². The molecule has 2 rings (SSSR count). The minimum atomic E-state index is -0.924. The molecular weight excluding hydrogens is 322 g/mol. The maximum Gasteiger partial charge on any atom is 0.319 e. The van der Waals surface area contributed by atoms with Crippen molar-refractivity contribution in [1.29, 1.82) is 0 Å². The number of anilines is 1. The molecule has 0 unspecified atom stereocenters. The number of benzene rings is 2. The summed E-state index contributed by atoms with van der Waals surface area (Å²) in [6, 6.07) is 9.20. The molecule has 0 spiro atoms. The summed E-state index contributed by atoms with van der Waals surface area (Å²) in [6.45, 7) is 8.41. The number of rotatable bonds is 5. The third kappa shape index (κ3) is 4.78. The second kappa shape index (κ2) is 8.10. The number of para-hydroxylation sites is 1. The smallest absolute Gasteiger partial charge is 0.319 e. The number of amides is 2. The number of halogens is 2. The summed E-state index contributed by atoms with van der Waals surface area (Å²) in [5.74, 6) is -1.30. The molecule has 0 atom stereocenters. The van der Waals surface area contributed by atoms with Gasteiger partial charge in [0.05, 0.1) is 0 Å². The van der Waals surface area contributed by atoms with Crippen molar-refractivity contribution in [3.8, 4) is 0 Å². The molecule has 0 heterocycles. The quantitative estimate of drug-likeness (QED) is 0.734. The lowest BCUT2D eigenvalue weighted by atomic mass is 9.93. The van der Waals surface area contributed by atoms with Crippen molar-refractivity contribution < 1.29 is 13.6 Å². The summed E-state index contributed by atoms with van der Waals surface area (Å²) in [7, 11) is 0. The van der Waals surface area contributed by atoms with Crippen LogP contribution in [0.1, 0.15) is 56.2 Å². The fraction of sp³-hybridized carbons (Fsp3) is 0.350. The van der Waals surface area contributed by atoms with Crippen LogP contribution in [-0.4, -0.2) is 6.03 Å². The van der Waals surface area contributed by atoms with E-state index in [1.807, 2.05) is 18.2 Å². The van der Waals surface area contributed by atoms with Crippen LogP contribution in [0, 0.1) is 11.6 Å². The molecule has 0 aliphatic carbocycles. The second-order valence-corrected chi connectivity index (χ2v) is 6.68. The lowest BCUT2D eigenvalue weighted by Crippen LogP contribution is -2.29. The Morgan fingerprint density at radius 1 is 0.960 bits per heavy atom. The highest BCUT2D eigenvalue weighted by atomic mass is 19.2. The highest BCUT2D eigenvalue weighted by Gasteiger charge is 2.15. The molecule has 0 bridgehead atoms. The standard InChI is InChI=1S/C20H24F2N2O/c1-12(2)15-6-5-7-16(13(3)4)19(15)24-20(25)23-11-14-8-9-17(21)18(22)10-14/h5-10,12-13H,11H2,1-4H3,(H2,23,24,25). The van der Waals surface area contributed by atoms with Crippen LogP contribution in [0.4, 0.5) is 19.3 Å². The van der Waals surface area contributed by atoms with Gasteiger partial charge in [-0.25, -0.2) is 13.6 Å². The Labute approximate surface area is 147 Å². The zero-order valence-electron chi connectivity index (χ0n) is 15.0. The Morgan fingerprint density at radius 2 is 1.56 bits per heavy atom. The minimum Gasteiger partial charge on any atom is -0.334 e. The van der Waals surface area contributed by atoms with E-state index in [0.29, 0.717) is 5.56 Å². The summed E-state index contributed by atoms with van der Waals surface area (Å²) in [5.41, 5.74) is 3.44. The molecule has 0 radical (unpaired) electrons. The zero-order chi connectivity index (χ0) is 18.6. The molecule has 0 saturated heterocycles. The third-order valence-electron chi connectivity index (χ3n) is 4.05. The topological polar surface area (TPSA) is 41.1 Å². The third-order valence-corrected chi connectivity index (χ3v) is 4.05. The van der Waals surface area contributed by atoms with Crippen molar-refractivity contribution in [2.75, 3.05) is 5.32 Å². The van der Waals surface area contributed by atoms with Crippen molar-refractivity contribution in [2.45, 2.75) is 46.1 Å². The van der Waals surface area contributed by atoms with E-state index >= 15 is 0 Å². The molecule has 134 valence electrons. The maximum atomic E-state index is 13.2. The number of nitrogens with one attached hydrogen (secondary N) is 2. The first-order valence-corrected chi connectivity index (χ1v) is 8.41. The Morgan fingerprint density at radius 3 is 2.08 bits per heavy atom. The van der Waals surface area contributed by atoms with Crippen LogP contribution >= 0.6 is 0 Å². The van der Waals surface area contributed by atoms with Gasteiger partial charge in [-0.1, -0.05) is 52.0 Å². The van der Waals surface area contributed by atoms with Crippen LogP contribution in [0.25, 0.3) is 0 Å². The van der Waals surface area contributed by atoms with Crippen LogP contribution in [0.5, 0.6) is 0 Å². The number of hydrogen-bond donors (Lipinski definition) is 2. The molecule has 2 N–H and O–H groups in total. The minimum absolute atomic E-state index is 0.115. The van der Waals surface area contributed by atoms with Gasteiger partial charge in [0.15, 0.2) is 11.6 Å². The summed E-state index contributed by atoms with van der Waals surface area (Å²) >= 11 is 0. The van der Waals surface area contributed by atoms with E-state index in [1.165, 1.54) is 6.07 Å². The Bertz CT molecular complexity index is 731. The van der Waals surface area contributed by atoms with Crippen LogP contribution in [0.3, 0.4) is 0 Å². The summed E-state index contributed by atoms with van der Waals surface area (Å²) in [5, 5.41) is 5.61. The van der Waals surface area contributed by atoms with Gasteiger partial charge in [0.1, 0.15) is 0 Å². The average molecular weight is 346 g/mol. The Hall–Kier alpha value is -2.43. The molecule has 5 heteroatoms. The van der Waals surface area contributed by atoms with Gasteiger partial charge in [0.2, 0.25) is 0 Å². The van der Waals surface area contributed by atoms with Gasteiger partial charge in [0.25, 0.3) is 0 Å². The summed E-state index contributed by atoms with van der Waals surface area (Å²) in [6.07, 6.45) is 0. The van der Waals surface area contributed by atoms with Crippen LogP contribution in [0.15, 0.2) is 36.4 Å². The highest BCUT2D eigenvalue weighted by Crippen LogP contribution is 2.32. The number of carbonyl (C=O) groups is 1. The lowest BCUT2D eigenvalue weighted by Gasteiger charge is -2.20. The van der Waals surface area contributed by atoms with Crippen molar-refractivity contribution in [2.24, 2.45) is 0 Å². The van der Waals surface area contributed by atoms with E-state index in [1.54, 1.807) is 0 Å². The van der Waals surface area contributed by atoms with E-state index in [4.69, 9.17) is 0 Å². The van der Waals surface area contributed by atoms with Gasteiger partial charge >= 0.3 is 6.03 Å². The molecule has 0 aromatic heterocycles. The fourth-order valence-corrected chi connectivity index (χ4v) is 2.69. The van der Waals surface area contributed by atoms with Crippen molar-refractivity contribution in [1.82, 2.24) is 5.32 Å². The molecule has 2 amide bonds. The molecule has 2 aromatic carbocycles. The monoisotopic (exact) mass is 346 g/mol. The van der Waals surface area contributed by atoms with Crippen molar-refractivity contribution in [3.05, 3.63) is 64.7 Å². The molecule has 0 saturated carbocycles. The van der Waals surface area contributed by atoms with E-state index in [2.05, 4.69) is 38.3 Å². The first-order chi connectivity index (χ1) is 11.8. The Balaban J connectivity index is 2.13. The van der Waals surface area contributed by atoms with E-state index in [0.717, 1.165) is 28.9 Å². The first-order valence-electron chi connectivity index (χ1n) is 8.41. The number of urea groups is 1. The van der Waals surface area contributed by atoms with E-state index in [9.17, 15) is 13.6 Å². The lowest BCUT2D eigenvalue weighted by molar-refractivity contribution is 0.251. The van der Waals surface area contributed by atoms with Crippen LogP contribution in [0.2, 0.25) is 0 Å². The molecular formula is C20H24F2N2O. The zero-order valence-corrected chi connectivity index (χ0v) is 15.0. The first kappa shape index (κ1) is 18.9. The largest absolute Gasteiger partial charge is 0.334 e. The maximum absolute atomic E-state index is 13.2. The second-order valence-electron chi connectivity index (χ2n) is 6.68. The number of carbonyl (C=O) groups excluding carboxylic acids is 1. The highest BCUT2D eigenvalue weighted by molar-refractivity contribution is 5.91. The van der Waals surface area contributed by atoms with Gasteiger partial charge in [-0.3, -0.25) is 0 Å². The van der Waals surface area contributed by atoms with Gasteiger partial charge in [0, 0.05) is 12.2 Å². The molecule has 0 aliphatic rings. The normalized spacial score (nSPS) is 11.0. The molecule has 2 aromatic rings. The molecule has 0 aliphatic heterocycles. The average Bonchev–Trinajstić information content (AvgIpc) is 2.55. The van der Waals surface area contributed by atoms with Crippen molar-refractivity contribution >= 4 is 11.7 Å².